The quantitative estimate of drug-likeness (QED) is 0.383. The van der Waals surface area contributed by atoms with E-state index in [0.717, 1.165) is 0 Å². The molecule has 1 aromatic rings. The maximum absolute atomic E-state index is 5.25. The maximum atomic E-state index is 5.25. The molecule has 0 aliphatic heterocycles. The molecule has 0 aliphatic carbocycles. The largest absolute Gasteiger partial charge is 0.276 e. The average Bonchev–Trinajstić information content (AvgIpc) is 1.87. The summed E-state index contributed by atoms with van der Waals surface area (Å²) in [7, 11) is 7.08. The minimum absolute atomic E-state index is 0.572. The average molecular weight is 91.9 g/mol. The van der Waals surface area contributed by atoms with Crippen LogP contribution in [-0.2, 0) is 7.05 Å². The fourth-order valence-corrected chi connectivity index (χ4v) is 0.433. The van der Waals surface area contributed by atoms with Crippen LogP contribution >= 0.6 is 0 Å². The van der Waals surface area contributed by atoms with Crippen LogP contribution < -0.4 is 5.59 Å². The normalized spacial score (nSPS) is 9.29. The third-order valence-electron chi connectivity index (χ3n) is 0.734. The summed E-state index contributed by atoms with van der Waals surface area (Å²) in [5.74, 6) is 0. The summed E-state index contributed by atoms with van der Waals surface area (Å²) in [5, 5.41) is 3.81. The van der Waals surface area contributed by atoms with E-state index in [1.54, 1.807) is 16.9 Å². The van der Waals surface area contributed by atoms with E-state index in [0.29, 0.717) is 5.59 Å². The van der Waals surface area contributed by atoms with E-state index in [-0.39, 0.29) is 0 Å². The van der Waals surface area contributed by atoms with Gasteiger partial charge in [0.05, 0.1) is 0 Å². The molecule has 0 aromatic carbocycles. The Morgan fingerprint density at radius 3 is 2.71 bits per heavy atom. The molecule has 2 radical (unpaired) electrons. The Labute approximate surface area is 43.6 Å². The van der Waals surface area contributed by atoms with Crippen molar-refractivity contribution in [3.05, 3.63) is 12.3 Å². The van der Waals surface area contributed by atoms with Crippen LogP contribution in [0.3, 0.4) is 0 Å². The van der Waals surface area contributed by atoms with Gasteiger partial charge < -0.3 is 0 Å². The molecule has 0 aliphatic rings. The van der Waals surface area contributed by atoms with Crippen molar-refractivity contribution in [1.82, 2.24) is 9.78 Å². The number of hydrogen-bond acceptors (Lipinski definition) is 1. The van der Waals surface area contributed by atoms with E-state index in [9.17, 15) is 0 Å². The number of aromatic nitrogens is 2. The Hall–Kier alpha value is -0.725. The van der Waals surface area contributed by atoms with Crippen LogP contribution in [0.5, 0.6) is 0 Å². The SMILES string of the molecule is [B]c1ccn(C)n1. The molecule has 0 fully saturated rings. The number of nitrogens with zero attached hydrogens (tertiary/aromatic N) is 2. The molecule has 3 heteroatoms. The van der Waals surface area contributed by atoms with Gasteiger partial charge in [-0.2, -0.15) is 5.10 Å². The molecule has 0 amide bonds. The molecule has 0 bridgehead atoms. The topological polar surface area (TPSA) is 17.8 Å². The summed E-state index contributed by atoms with van der Waals surface area (Å²) in [6.07, 6.45) is 1.80. The van der Waals surface area contributed by atoms with Gasteiger partial charge in [0.2, 0.25) is 0 Å². The summed E-state index contributed by atoms with van der Waals surface area (Å²) >= 11 is 0. The van der Waals surface area contributed by atoms with Gasteiger partial charge in [-0.05, 0) is 6.07 Å². The van der Waals surface area contributed by atoms with E-state index in [4.69, 9.17) is 7.85 Å². The van der Waals surface area contributed by atoms with Crippen LogP contribution in [0.25, 0.3) is 0 Å². The Balaban J connectivity index is 3.04. The van der Waals surface area contributed by atoms with Crippen LogP contribution in [0, 0.1) is 0 Å². The van der Waals surface area contributed by atoms with E-state index in [1.165, 1.54) is 0 Å². The van der Waals surface area contributed by atoms with Crippen molar-refractivity contribution in [1.29, 1.82) is 0 Å². The van der Waals surface area contributed by atoms with Crippen molar-refractivity contribution in [2.45, 2.75) is 0 Å². The highest BCUT2D eigenvalue weighted by Gasteiger charge is 1.81. The first-order valence-electron chi connectivity index (χ1n) is 2.04. The van der Waals surface area contributed by atoms with Gasteiger partial charge in [0.25, 0.3) is 0 Å². The molecule has 0 N–H and O–H groups in total. The first-order valence-corrected chi connectivity index (χ1v) is 2.04. The summed E-state index contributed by atoms with van der Waals surface area (Å²) in [4.78, 5) is 0. The van der Waals surface area contributed by atoms with Crippen molar-refractivity contribution in [3.8, 4) is 0 Å². The monoisotopic (exact) mass is 92.1 g/mol. The summed E-state index contributed by atoms with van der Waals surface area (Å²) in [5.41, 5.74) is 0.572. The van der Waals surface area contributed by atoms with Crippen LogP contribution in [0.1, 0.15) is 0 Å². The first kappa shape index (κ1) is 4.43. The minimum Gasteiger partial charge on any atom is -0.276 e. The number of hydrogen-bond donors (Lipinski definition) is 0. The molecule has 2 nitrogen and oxygen atoms in total. The van der Waals surface area contributed by atoms with Gasteiger partial charge in [-0.1, -0.05) is 0 Å². The molecule has 0 saturated carbocycles. The molecule has 1 rings (SSSR count). The van der Waals surface area contributed by atoms with Crippen molar-refractivity contribution in [2.75, 3.05) is 0 Å². The second-order valence-corrected chi connectivity index (χ2v) is 1.41. The fourth-order valence-electron chi connectivity index (χ4n) is 0.433. The summed E-state index contributed by atoms with van der Waals surface area (Å²) < 4.78 is 1.66. The van der Waals surface area contributed by atoms with Crippen LogP contribution in [0.2, 0.25) is 0 Å². The highest BCUT2D eigenvalue weighted by molar-refractivity contribution is 6.30. The highest BCUT2D eigenvalue weighted by atomic mass is 15.2. The lowest BCUT2D eigenvalue weighted by Crippen LogP contribution is -2.04. The molecule has 1 heterocycles. The lowest BCUT2D eigenvalue weighted by atomic mass is 10.1. The smallest absolute Gasteiger partial charge is 0.144 e. The third kappa shape index (κ3) is 0.826. The van der Waals surface area contributed by atoms with Crippen LogP contribution in [0.4, 0.5) is 0 Å². The zero-order chi connectivity index (χ0) is 5.28. The fraction of sp³-hybridized carbons (Fsp3) is 0.250. The third-order valence-corrected chi connectivity index (χ3v) is 0.734. The van der Waals surface area contributed by atoms with Crippen molar-refractivity contribution in [2.24, 2.45) is 7.05 Å². The molecule has 0 unspecified atom stereocenters. The second-order valence-electron chi connectivity index (χ2n) is 1.41. The zero-order valence-electron chi connectivity index (χ0n) is 4.13. The lowest BCUT2D eigenvalue weighted by molar-refractivity contribution is 0.776. The minimum atomic E-state index is 0.572. The predicted octanol–water partition coefficient (Wildman–Crippen LogP) is -0.786. The highest BCUT2D eigenvalue weighted by Crippen LogP contribution is 1.69. The number of aryl methyl sites for hydroxylation is 1. The van der Waals surface area contributed by atoms with Gasteiger partial charge in [-0.25, -0.2) is 0 Å². The van der Waals surface area contributed by atoms with E-state index >= 15 is 0 Å². The predicted molar refractivity (Wildman–Crippen MR) is 28.6 cm³/mol. The molecule has 1 aromatic heterocycles. The Morgan fingerprint density at radius 1 is 1.86 bits per heavy atom. The zero-order valence-corrected chi connectivity index (χ0v) is 4.13. The number of rotatable bonds is 0. The molecule has 34 valence electrons. The standard InChI is InChI=1S/C4H5BN2/c1-7-3-2-4(5)6-7/h2-3H,1H3. The maximum Gasteiger partial charge on any atom is 0.144 e. The Morgan fingerprint density at radius 2 is 2.57 bits per heavy atom. The van der Waals surface area contributed by atoms with Crippen molar-refractivity contribution >= 4 is 13.4 Å². The summed E-state index contributed by atoms with van der Waals surface area (Å²) in [6, 6.07) is 1.75. The van der Waals surface area contributed by atoms with Gasteiger partial charge >= 0.3 is 0 Å². The molecule has 7 heavy (non-hydrogen) atoms. The van der Waals surface area contributed by atoms with E-state index < -0.39 is 0 Å². The molecule has 0 saturated heterocycles. The van der Waals surface area contributed by atoms with Crippen molar-refractivity contribution in [3.63, 3.8) is 0 Å². The molecule has 0 atom stereocenters. The van der Waals surface area contributed by atoms with Crippen molar-refractivity contribution < 1.29 is 0 Å². The molecule has 0 spiro atoms. The Kier molecular flexibility index (Phi) is 0.892. The summed E-state index contributed by atoms with van der Waals surface area (Å²) in [6.45, 7) is 0. The van der Waals surface area contributed by atoms with Gasteiger partial charge in [0, 0.05) is 18.8 Å². The van der Waals surface area contributed by atoms with Gasteiger partial charge in [0.1, 0.15) is 7.85 Å². The van der Waals surface area contributed by atoms with Crippen LogP contribution in [-0.4, -0.2) is 17.6 Å². The van der Waals surface area contributed by atoms with E-state index in [1.807, 2.05) is 7.05 Å². The first-order chi connectivity index (χ1) is 3.29. The van der Waals surface area contributed by atoms with Crippen LogP contribution in [0.15, 0.2) is 12.3 Å². The van der Waals surface area contributed by atoms with Gasteiger partial charge in [0.15, 0.2) is 0 Å². The molecular weight excluding hydrogens is 86.9 g/mol. The molecular formula is C4H5BN2. The lowest BCUT2D eigenvalue weighted by Gasteiger charge is -1.80. The van der Waals surface area contributed by atoms with E-state index in [2.05, 4.69) is 5.10 Å². The van der Waals surface area contributed by atoms with Gasteiger partial charge in [-0.3, -0.25) is 4.68 Å². The Bertz CT molecular complexity index is 142. The van der Waals surface area contributed by atoms with Gasteiger partial charge in [-0.15, -0.1) is 0 Å². The second kappa shape index (κ2) is 1.41.